The van der Waals surface area contributed by atoms with E-state index in [1.165, 1.54) is 18.4 Å². The van der Waals surface area contributed by atoms with E-state index in [-0.39, 0.29) is 5.91 Å². The maximum Gasteiger partial charge on any atom is 0.217 e. The number of carbonyl (C=O) groups is 1. The molecule has 2 unspecified atom stereocenters. The van der Waals surface area contributed by atoms with Crippen LogP contribution in [0.2, 0.25) is 0 Å². The predicted octanol–water partition coefficient (Wildman–Crippen LogP) is 2.84. The van der Waals surface area contributed by atoms with Crippen LogP contribution < -0.4 is 10.5 Å². The lowest BCUT2D eigenvalue weighted by molar-refractivity contribution is -0.118. The third kappa shape index (κ3) is 3.49. The van der Waals surface area contributed by atoms with Crippen molar-refractivity contribution >= 4 is 5.91 Å². The van der Waals surface area contributed by atoms with Crippen LogP contribution in [0.1, 0.15) is 43.6 Å². The summed E-state index contributed by atoms with van der Waals surface area (Å²) >= 11 is 0. The van der Waals surface area contributed by atoms with Crippen LogP contribution in [-0.4, -0.2) is 13.0 Å². The molecule has 1 aliphatic carbocycles. The molecule has 2 atom stereocenters. The van der Waals surface area contributed by atoms with Crippen LogP contribution in [0.25, 0.3) is 0 Å². The molecule has 2 N–H and O–H groups in total. The van der Waals surface area contributed by atoms with Gasteiger partial charge in [0.2, 0.25) is 5.91 Å². The van der Waals surface area contributed by atoms with Gasteiger partial charge in [0.1, 0.15) is 5.75 Å². The first-order valence-electron chi connectivity index (χ1n) is 6.63. The molecule has 0 aliphatic heterocycles. The SMILES string of the molecule is COc1cccc(C2CC2CCCCC(N)=O)c1. The van der Waals surface area contributed by atoms with Crippen LogP contribution in [0.5, 0.6) is 5.75 Å². The van der Waals surface area contributed by atoms with Crippen molar-refractivity contribution in [1.82, 2.24) is 0 Å². The Morgan fingerprint density at radius 3 is 3.00 bits per heavy atom. The number of carbonyl (C=O) groups excluding carboxylic acids is 1. The van der Waals surface area contributed by atoms with E-state index < -0.39 is 0 Å². The third-order valence-electron chi connectivity index (χ3n) is 3.69. The highest BCUT2D eigenvalue weighted by atomic mass is 16.5. The molecular formula is C15H21NO2. The summed E-state index contributed by atoms with van der Waals surface area (Å²) in [5.41, 5.74) is 6.51. The molecule has 2 rings (SSSR count). The van der Waals surface area contributed by atoms with Crippen molar-refractivity contribution in [1.29, 1.82) is 0 Å². The lowest BCUT2D eigenvalue weighted by Crippen LogP contribution is -2.09. The van der Waals surface area contributed by atoms with Gasteiger partial charge in [-0.25, -0.2) is 0 Å². The third-order valence-corrected chi connectivity index (χ3v) is 3.69. The number of primary amides is 1. The molecule has 1 aromatic rings. The molecule has 3 heteroatoms. The summed E-state index contributed by atoms with van der Waals surface area (Å²) in [5, 5.41) is 0. The fourth-order valence-electron chi connectivity index (χ4n) is 2.55. The summed E-state index contributed by atoms with van der Waals surface area (Å²) < 4.78 is 5.24. The second kappa shape index (κ2) is 5.89. The molecule has 18 heavy (non-hydrogen) atoms. The molecule has 1 fully saturated rings. The Hall–Kier alpha value is -1.51. The Labute approximate surface area is 108 Å². The standard InChI is InChI=1S/C15H21NO2/c1-18-13-7-4-6-11(9-13)14-10-12(14)5-2-3-8-15(16)17/h4,6-7,9,12,14H,2-3,5,8,10H2,1H3,(H2,16,17). The van der Waals surface area contributed by atoms with Crippen LogP contribution in [0.15, 0.2) is 24.3 Å². The fraction of sp³-hybridized carbons (Fsp3) is 0.533. The predicted molar refractivity (Wildman–Crippen MR) is 71.5 cm³/mol. The van der Waals surface area contributed by atoms with Crippen molar-refractivity contribution in [2.45, 2.75) is 38.0 Å². The zero-order valence-corrected chi connectivity index (χ0v) is 10.9. The number of benzene rings is 1. The lowest BCUT2D eigenvalue weighted by Gasteiger charge is -2.04. The van der Waals surface area contributed by atoms with E-state index in [1.54, 1.807) is 7.11 Å². The largest absolute Gasteiger partial charge is 0.497 e. The summed E-state index contributed by atoms with van der Waals surface area (Å²) in [5.74, 6) is 2.22. The molecule has 0 heterocycles. The minimum atomic E-state index is -0.185. The average molecular weight is 247 g/mol. The number of hydrogen-bond acceptors (Lipinski definition) is 2. The van der Waals surface area contributed by atoms with Crippen molar-refractivity contribution in [3.05, 3.63) is 29.8 Å². The van der Waals surface area contributed by atoms with E-state index in [4.69, 9.17) is 10.5 Å². The van der Waals surface area contributed by atoms with Crippen LogP contribution in [0.4, 0.5) is 0 Å². The first-order valence-corrected chi connectivity index (χ1v) is 6.63. The van der Waals surface area contributed by atoms with Gasteiger partial charge < -0.3 is 10.5 Å². The highest BCUT2D eigenvalue weighted by molar-refractivity contribution is 5.73. The number of hydrogen-bond donors (Lipinski definition) is 1. The van der Waals surface area contributed by atoms with E-state index in [1.807, 2.05) is 6.07 Å². The summed E-state index contributed by atoms with van der Waals surface area (Å²) in [4.78, 5) is 10.6. The molecule has 1 aliphatic rings. The zero-order chi connectivity index (χ0) is 13.0. The molecule has 0 spiro atoms. The van der Waals surface area contributed by atoms with Crippen LogP contribution in [0, 0.1) is 5.92 Å². The van der Waals surface area contributed by atoms with Crippen molar-refractivity contribution < 1.29 is 9.53 Å². The van der Waals surface area contributed by atoms with E-state index in [9.17, 15) is 4.79 Å². The van der Waals surface area contributed by atoms with Crippen LogP contribution in [-0.2, 0) is 4.79 Å². The Kier molecular flexibility index (Phi) is 4.24. The number of amides is 1. The smallest absolute Gasteiger partial charge is 0.217 e. The molecule has 0 radical (unpaired) electrons. The lowest BCUT2D eigenvalue weighted by atomic mass is 10.1. The highest BCUT2D eigenvalue weighted by Gasteiger charge is 2.37. The molecule has 0 saturated heterocycles. The van der Waals surface area contributed by atoms with Gasteiger partial charge in [-0.05, 0) is 48.8 Å². The molecule has 98 valence electrons. The zero-order valence-electron chi connectivity index (χ0n) is 10.9. The van der Waals surface area contributed by atoms with Gasteiger partial charge >= 0.3 is 0 Å². The van der Waals surface area contributed by atoms with E-state index >= 15 is 0 Å². The van der Waals surface area contributed by atoms with Gasteiger partial charge in [0.25, 0.3) is 0 Å². The molecule has 3 nitrogen and oxygen atoms in total. The van der Waals surface area contributed by atoms with Gasteiger partial charge in [0.05, 0.1) is 7.11 Å². The highest BCUT2D eigenvalue weighted by Crippen LogP contribution is 2.50. The van der Waals surface area contributed by atoms with Crippen LogP contribution >= 0.6 is 0 Å². The number of nitrogens with two attached hydrogens (primary N) is 1. The topological polar surface area (TPSA) is 52.3 Å². The molecular weight excluding hydrogens is 226 g/mol. The quantitative estimate of drug-likeness (QED) is 0.753. The van der Waals surface area contributed by atoms with Gasteiger partial charge in [0.15, 0.2) is 0 Å². The van der Waals surface area contributed by atoms with Crippen molar-refractivity contribution in [3.8, 4) is 5.75 Å². The summed E-state index contributed by atoms with van der Waals surface area (Å²) in [6.07, 6.45) is 5.03. The van der Waals surface area contributed by atoms with E-state index in [2.05, 4.69) is 18.2 Å². The van der Waals surface area contributed by atoms with Gasteiger partial charge in [-0.2, -0.15) is 0 Å². The van der Waals surface area contributed by atoms with Crippen molar-refractivity contribution in [2.24, 2.45) is 11.7 Å². The summed E-state index contributed by atoms with van der Waals surface area (Å²) in [6, 6.07) is 8.34. The fourth-order valence-corrected chi connectivity index (χ4v) is 2.55. The van der Waals surface area contributed by atoms with Gasteiger partial charge in [0, 0.05) is 6.42 Å². The molecule has 1 amide bonds. The second-order valence-corrected chi connectivity index (χ2v) is 5.09. The summed E-state index contributed by atoms with van der Waals surface area (Å²) in [7, 11) is 1.70. The maximum atomic E-state index is 10.6. The van der Waals surface area contributed by atoms with Gasteiger partial charge in [-0.3, -0.25) is 4.79 Å². The molecule has 1 saturated carbocycles. The number of unbranched alkanes of at least 4 members (excludes halogenated alkanes) is 1. The minimum Gasteiger partial charge on any atom is -0.497 e. The Morgan fingerprint density at radius 1 is 1.44 bits per heavy atom. The van der Waals surface area contributed by atoms with Crippen molar-refractivity contribution in [2.75, 3.05) is 7.11 Å². The Bertz CT molecular complexity index is 417. The van der Waals surface area contributed by atoms with Gasteiger partial charge in [-0.1, -0.05) is 18.6 Å². The second-order valence-electron chi connectivity index (χ2n) is 5.09. The minimum absolute atomic E-state index is 0.185. The van der Waals surface area contributed by atoms with E-state index in [0.717, 1.165) is 24.5 Å². The first-order chi connectivity index (χ1) is 8.70. The van der Waals surface area contributed by atoms with Crippen molar-refractivity contribution in [3.63, 3.8) is 0 Å². The number of methoxy groups -OCH3 is 1. The summed E-state index contributed by atoms with van der Waals surface area (Å²) in [6.45, 7) is 0. The van der Waals surface area contributed by atoms with E-state index in [0.29, 0.717) is 12.3 Å². The van der Waals surface area contributed by atoms with Gasteiger partial charge in [-0.15, -0.1) is 0 Å². The molecule has 0 aromatic heterocycles. The van der Waals surface area contributed by atoms with Crippen LogP contribution in [0.3, 0.4) is 0 Å². The number of rotatable bonds is 7. The Morgan fingerprint density at radius 2 is 2.28 bits per heavy atom. The molecule has 1 aromatic carbocycles. The first kappa shape index (κ1) is 12.9. The monoisotopic (exact) mass is 247 g/mol. The number of ether oxygens (including phenoxy) is 1. The molecule has 0 bridgehead atoms. The average Bonchev–Trinajstić information content (AvgIpc) is 3.14. The normalized spacial score (nSPS) is 21.6. The Balaban J connectivity index is 1.75. The maximum absolute atomic E-state index is 10.6.